The molecule has 1 saturated heterocycles. The molecule has 1 aliphatic rings. The molecule has 7 heteroatoms. The van der Waals surface area contributed by atoms with Crippen molar-refractivity contribution in [1.29, 1.82) is 0 Å². The van der Waals surface area contributed by atoms with Crippen molar-refractivity contribution >= 4 is 17.6 Å². The lowest BCUT2D eigenvalue weighted by atomic mass is 10.1. The third kappa shape index (κ3) is 3.42. The summed E-state index contributed by atoms with van der Waals surface area (Å²) in [5.41, 5.74) is 2.90. The monoisotopic (exact) mass is 367 g/mol. The molecule has 140 valence electrons. The minimum atomic E-state index is -0.252. The second kappa shape index (κ2) is 7.44. The van der Waals surface area contributed by atoms with Crippen molar-refractivity contribution in [2.45, 2.75) is 13.3 Å². The maximum Gasteiger partial charge on any atom is 0.170 e. The molecule has 1 aromatic carbocycles. The van der Waals surface area contributed by atoms with Crippen molar-refractivity contribution in [2.75, 3.05) is 37.6 Å². The van der Waals surface area contributed by atoms with Gasteiger partial charge in [-0.25, -0.2) is 13.9 Å². The zero-order chi connectivity index (χ0) is 18.8. The number of hydrogen-bond donors (Lipinski definition) is 0. The van der Waals surface area contributed by atoms with Gasteiger partial charge >= 0.3 is 0 Å². The maximum absolute atomic E-state index is 14.9. The van der Waals surface area contributed by atoms with Crippen LogP contribution in [0.3, 0.4) is 0 Å². The normalized spacial score (nSPS) is 15.4. The summed E-state index contributed by atoms with van der Waals surface area (Å²) in [6.45, 7) is 6.85. The van der Waals surface area contributed by atoms with Gasteiger partial charge in [-0.1, -0.05) is 13.0 Å². The van der Waals surface area contributed by atoms with E-state index in [0.29, 0.717) is 34.6 Å². The highest BCUT2D eigenvalue weighted by Crippen LogP contribution is 2.27. The second-order valence-corrected chi connectivity index (χ2v) is 6.78. The molecule has 6 nitrogen and oxygen atoms in total. The van der Waals surface area contributed by atoms with E-state index in [9.17, 15) is 9.18 Å². The fourth-order valence-corrected chi connectivity index (χ4v) is 3.60. The maximum atomic E-state index is 14.9. The molecule has 0 radical (unpaired) electrons. The van der Waals surface area contributed by atoms with E-state index < -0.39 is 0 Å². The van der Waals surface area contributed by atoms with Gasteiger partial charge in [0.15, 0.2) is 11.9 Å². The molecule has 27 heavy (non-hydrogen) atoms. The average molecular weight is 367 g/mol. The molecule has 3 heterocycles. The molecule has 1 fully saturated rings. The molecule has 0 aliphatic carbocycles. The van der Waals surface area contributed by atoms with Gasteiger partial charge in [-0.2, -0.15) is 5.10 Å². The van der Waals surface area contributed by atoms with Crippen LogP contribution < -0.4 is 4.90 Å². The first kappa shape index (κ1) is 17.6. The van der Waals surface area contributed by atoms with Crippen molar-refractivity contribution in [3.8, 4) is 11.3 Å². The lowest BCUT2D eigenvalue weighted by Crippen LogP contribution is -2.46. The standard InChI is InChI=1S/C20H22FN5O/c1-2-7-24-8-10-25(11-9-24)18-5-3-15(12-17(18)21)19-13-22-20-6-4-16(14-27)23-26(19)20/h3-6,12-14H,2,7-11H2,1H3. The van der Waals surface area contributed by atoms with Gasteiger partial charge in [0, 0.05) is 31.7 Å². The largest absolute Gasteiger partial charge is 0.367 e. The molecule has 0 saturated carbocycles. The van der Waals surface area contributed by atoms with E-state index in [1.165, 1.54) is 6.07 Å². The van der Waals surface area contributed by atoms with E-state index in [1.54, 1.807) is 22.8 Å². The summed E-state index contributed by atoms with van der Waals surface area (Å²) >= 11 is 0. The Hall–Kier alpha value is -2.80. The smallest absolute Gasteiger partial charge is 0.170 e. The highest BCUT2D eigenvalue weighted by Gasteiger charge is 2.20. The Kier molecular flexibility index (Phi) is 4.85. The van der Waals surface area contributed by atoms with Crippen molar-refractivity contribution in [2.24, 2.45) is 0 Å². The zero-order valence-electron chi connectivity index (χ0n) is 15.3. The van der Waals surface area contributed by atoms with Crippen LogP contribution in [0.5, 0.6) is 0 Å². The van der Waals surface area contributed by atoms with Crippen LogP contribution in [0.25, 0.3) is 16.9 Å². The summed E-state index contributed by atoms with van der Waals surface area (Å²) in [5.74, 6) is -0.252. The third-order valence-corrected chi connectivity index (χ3v) is 5.00. The first-order valence-corrected chi connectivity index (χ1v) is 9.27. The predicted molar refractivity (Wildman–Crippen MR) is 103 cm³/mol. The van der Waals surface area contributed by atoms with Crippen LogP contribution in [0.4, 0.5) is 10.1 Å². The van der Waals surface area contributed by atoms with E-state index in [4.69, 9.17) is 0 Å². The first-order chi connectivity index (χ1) is 13.2. The lowest BCUT2D eigenvalue weighted by Gasteiger charge is -2.36. The predicted octanol–water partition coefficient (Wildman–Crippen LogP) is 2.88. The molecule has 0 N–H and O–H groups in total. The van der Waals surface area contributed by atoms with Crippen LogP contribution in [0, 0.1) is 5.82 Å². The van der Waals surface area contributed by atoms with Crippen LogP contribution in [-0.4, -0.2) is 58.5 Å². The minimum Gasteiger partial charge on any atom is -0.367 e. The van der Waals surface area contributed by atoms with Crippen molar-refractivity contribution < 1.29 is 9.18 Å². The topological polar surface area (TPSA) is 53.7 Å². The van der Waals surface area contributed by atoms with Gasteiger partial charge in [0.2, 0.25) is 0 Å². The summed E-state index contributed by atoms with van der Waals surface area (Å²) < 4.78 is 16.4. The van der Waals surface area contributed by atoms with Gasteiger partial charge in [-0.05, 0) is 37.2 Å². The molecule has 3 aromatic rings. The van der Waals surface area contributed by atoms with E-state index in [1.807, 2.05) is 12.1 Å². The fraction of sp³-hybridized carbons (Fsp3) is 0.350. The average Bonchev–Trinajstić information content (AvgIpc) is 3.12. The highest BCUT2D eigenvalue weighted by molar-refractivity contribution is 5.73. The van der Waals surface area contributed by atoms with Gasteiger partial charge in [0.1, 0.15) is 11.5 Å². The quantitative estimate of drug-likeness (QED) is 0.649. The van der Waals surface area contributed by atoms with Crippen LogP contribution in [-0.2, 0) is 0 Å². The summed E-state index contributed by atoms with van der Waals surface area (Å²) in [7, 11) is 0. The molecule has 2 aromatic heterocycles. The van der Waals surface area contributed by atoms with Gasteiger partial charge in [0.25, 0.3) is 0 Å². The van der Waals surface area contributed by atoms with E-state index >= 15 is 0 Å². The molecule has 0 bridgehead atoms. The Balaban J connectivity index is 1.60. The van der Waals surface area contributed by atoms with E-state index in [-0.39, 0.29) is 5.82 Å². The molecule has 0 spiro atoms. The number of hydrogen-bond acceptors (Lipinski definition) is 5. The molecule has 0 unspecified atom stereocenters. The number of carbonyl (C=O) groups excluding carboxylic acids is 1. The van der Waals surface area contributed by atoms with Crippen molar-refractivity contribution in [1.82, 2.24) is 19.5 Å². The molecule has 1 aliphatic heterocycles. The molecular weight excluding hydrogens is 345 g/mol. The van der Waals surface area contributed by atoms with Gasteiger partial charge in [0.05, 0.1) is 17.6 Å². The van der Waals surface area contributed by atoms with Crippen LogP contribution in [0.15, 0.2) is 36.5 Å². The summed E-state index contributed by atoms with van der Waals surface area (Å²) in [4.78, 5) is 19.8. The van der Waals surface area contributed by atoms with Gasteiger partial charge in [-0.3, -0.25) is 9.69 Å². The number of halogens is 1. The fourth-order valence-electron chi connectivity index (χ4n) is 3.60. The number of rotatable bonds is 5. The molecule has 0 atom stereocenters. The Morgan fingerprint density at radius 2 is 1.96 bits per heavy atom. The highest BCUT2D eigenvalue weighted by atomic mass is 19.1. The SMILES string of the molecule is CCCN1CCN(c2ccc(-c3cnc4ccc(C=O)nn34)cc2F)CC1. The summed E-state index contributed by atoms with van der Waals surface area (Å²) in [6.07, 6.45) is 3.47. The number of nitrogens with zero attached hydrogens (tertiary/aromatic N) is 5. The van der Waals surface area contributed by atoms with Gasteiger partial charge < -0.3 is 4.90 Å². The number of aldehydes is 1. The summed E-state index contributed by atoms with van der Waals surface area (Å²) in [5, 5.41) is 4.25. The molecule has 0 amide bonds. The first-order valence-electron chi connectivity index (χ1n) is 9.27. The number of benzene rings is 1. The second-order valence-electron chi connectivity index (χ2n) is 6.78. The van der Waals surface area contributed by atoms with Crippen LogP contribution in [0.2, 0.25) is 0 Å². The van der Waals surface area contributed by atoms with Crippen molar-refractivity contribution in [3.05, 3.63) is 48.0 Å². The van der Waals surface area contributed by atoms with Crippen molar-refractivity contribution in [3.63, 3.8) is 0 Å². The van der Waals surface area contributed by atoms with Gasteiger partial charge in [-0.15, -0.1) is 0 Å². The number of aromatic nitrogens is 3. The Labute approximate surface area is 157 Å². The summed E-state index contributed by atoms with van der Waals surface area (Å²) in [6, 6.07) is 8.56. The third-order valence-electron chi connectivity index (χ3n) is 5.00. The van der Waals surface area contributed by atoms with E-state index in [0.717, 1.165) is 39.1 Å². The van der Waals surface area contributed by atoms with Crippen LogP contribution >= 0.6 is 0 Å². The lowest BCUT2D eigenvalue weighted by molar-refractivity contribution is 0.111. The van der Waals surface area contributed by atoms with E-state index in [2.05, 4.69) is 26.8 Å². The number of carbonyl (C=O) groups is 1. The Morgan fingerprint density at radius 1 is 1.15 bits per heavy atom. The Bertz CT molecular complexity index is 962. The number of anilines is 1. The molecule has 4 rings (SSSR count). The van der Waals surface area contributed by atoms with Crippen LogP contribution in [0.1, 0.15) is 23.8 Å². The zero-order valence-corrected chi connectivity index (χ0v) is 15.3. The minimum absolute atomic E-state index is 0.252. The molecular formula is C20H22FN5O. The number of piperazine rings is 1. The Morgan fingerprint density at radius 3 is 2.67 bits per heavy atom. The number of fused-ring (bicyclic) bond motifs is 1. The number of imidazole rings is 1.